The van der Waals surface area contributed by atoms with Crippen LogP contribution in [0.25, 0.3) is 6.08 Å². The molecule has 3 aromatic carbocycles. The van der Waals surface area contributed by atoms with E-state index < -0.39 is 11.8 Å². The standard InChI is InChI=1S/C28H30N2O4/c29-23-15-16-26(25(30)19-23)34-17-7-2-1-4-8-20-11-13-21(14-12-20)18-24(28(32)33)27(31)22-9-5-3-6-10-22/h3,5-6,9-16,18-19H,1-2,4,7-8,17,29-30H2,(H,32,33). The largest absolute Gasteiger partial charge is 0.491 e. The van der Waals surface area contributed by atoms with Crippen molar-refractivity contribution in [3.8, 4) is 5.75 Å². The molecule has 176 valence electrons. The second-order valence-electron chi connectivity index (χ2n) is 8.11. The van der Waals surface area contributed by atoms with E-state index in [9.17, 15) is 14.7 Å². The van der Waals surface area contributed by atoms with E-state index in [-0.39, 0.29) is 5.57 Å². The summed E-state index contributed by atoms with van der Waals surface area (Å²) in [4.78, 5) is 24.2. The summed E-state index contributed by atoms with van der Waals surface area (Å²) >= 11 is 0. The first-order valence-electron chi connectivity index (χ1n) is 11.4. The minimum Gasteiger partial charge on any atom is -0.491 e. The first-order valence-corrected chi connectivity index (χ1v) is 11.4. The molecule has 0 amide bonds. The van der Waals surface area contributed by atoms with Gasteiger partial charge >= 0.3 is 5.97 Å². The number of rotatable bonds is 12. The number of Topliss-reactive ketones (excluding diaryl/α,β-unsaturated/α-hetero) is 1. The van der Waals surface area contributed by atoms with Gasteiger partial charge in [-0.1, -0.05) is 67.4 Å². The number of aryl methyl sites for hydroxylation is 1. The molecule has 0 fully saturated rings. The average Bonchev–Trinajstić information content (AvgIpc) is 2.84. The summed E-state index contributed by atoms with van der Waals surface area (Å²) < 4.78 is 5.71. The molecule has 0 atom stereocenters. The minimum atomic E-state index is -1.24. The van der Waals surface area contributed by atoms with E-state index in [1.54, 1.807) is 48.5 Å². The molecule has 5 N–H and O–H groups in total. The number of hydrogen-bond acceptors (Lipinski definition) is 5. The van der Waals surface area contributed by atoms with Crippen LogP contribution in [0.1, 0.15) is 47.2 Å². The number of ketones is 1. The van der Waals surface area contributed by atoms with Crippen molar-refractivity contribution in [2.45, 2.75) is 32.1 Å². The van der Waals surface area contributed by atoms with Crippen LogP contribution in [0.2, 0.25) is 0 Å². The summed E-state index contributed by atoms with van der Waals surface area (Å²) in [5, 5.41) is 9.51. The molecular weight excluding hydrogens is 428 g/mol. The summed E-state index contributed by atoms with van der Waals surface area (Å²) in [5.41, 5.74) is 14.7. The lowest BCUT2D eigenvalue weighted by atomic mass is 9.99. The number of carboxylic acid groups (broad SMARTS) is 1. The van der Waals surface area contributed by atoms with Crippen LogP contribution in [-0.4, -0.2) is 23.5 Å². The van der Waals surface area contributed by atoms with Gasteiger partial charge in [0.25, 0.3) is 0 Å². The predicted octanol–water partition coefficient (Wildman–Crippen LogP) is 5.38. The fourth-order valence-corrected chi connectivity index (χ4v) is 3.58. The summed E-state index contributed by atoms with van der Waals surface area (Å²) in [6.45, 7) is 0.614. The van der Waals surface area contributed by atoms with Crippen LogP contribution in [0, 0.1) is 0 Å². The van der Waals surface area contributed by atoms with Crippen LogP contribution in [-0.2, 0) is 11.2 Å². The smallest absolute Gasteiger partial charge is 0.339 e. The summed E-state index contributed by atoms with van der Waals surface area (Å²) in [5.74, 6) is -1.07. The van der Waals surface area contributed by atoms with Crippen molar-refractivity contribution in [3.63, 3.8) is 0 Å². The van der Waals surface area contributed by atoms with Crippen LogP contribution in [0.15, 0.2) is 78.4 Å². The van der Waals surface area contributed by atoms with Gasteiger partial charge in [0.15, 0.2) is 5.78 Å². The zero-order chi connectivity index (χ0) is 24.3. The van der Waals surface area contributed by atoms with E-state index in [1.807, 2.05) is 24.3 Å². The molecule has 0 aliphatic rings. The number of nitrogen functional groups attached to an aromatic ring is 2. The highest BCUT2D eigenvalue weighted by molar-refractivity contribution is 6.26. The topological polar surface area (TPSA) is 116 Å². The third-order valence-corrected chi connectivity index (χ3v) is 5.45. The molecule has 6 nitrogen and oxygen atoms in total. The maximum absolute atomic E-state index is 12.5. The fraction of sp³-hybridized carbons (Fsp3) is 0.214. The Morgan fingerprint density at radius 1 is 0.853 bits per heavy atom. The Hall–Kier alpha value is -4.06. The predicted molar refractivity (Wildman–Crippen MR) is 136 cm³/mol. The summed E-state index contributed by atoms with van der Waals surface area (Å²) in [6, 6.07) is 21.3. The van der Waals surface area contributed by atoms with Crippen molar-refractivity contribution in [2.24, 2.45) is 0 Å². The Labute approximate surface area is 199 Å². The van der Waals surface area contributed by atoms with Crippen molar-refractivity contribution in [3.05, 3.63) is 95.1 Å². The summed E-state index contributed by atoms with van der Waals surface area (Å²) in [6.07, 6.45) is 6.49. The van der Waals surface area contributed by atoms with E-state index in [0.29, 0.717) is 34.9 Å². The van der Waals surface area contributed by atoms with Crippen LogP contribution >= 0.6 is 0 Å². The number of carbonyl (C=O) groups is 2. The summed E-state index contributed by atoms with van der Waals surface area (Å²) in [7, 11) is 0. The van der Waals surface area contributed by atoms with Crippen LogP contribution in [0.3, 0.4) is 0 Å². The Morgan fingerprint density at radius 2 is 1.56 bits per heavy atom. The zero-order valence-corrected chi connectivity index (χ0v) is 19.1. The Kier molecular flexibility index (Phi) is 8.86. The molecule has 3 aromatic rings. The molecule has 0 saturated carbocycles. The van der Waals surface area contributed by atoms with Gasteiger partial charge in [0.1, 0.15) is 11.3 Å². The van der Waals surface area contributed by atoms with E-state index >= 15 is 0 Å². The highest BCUT2D eigenvalue weighted by Gasteiger charge is 2.18. The van der Waals surface area contributed by atoms with E-state index in [4.69, 9.17) is 16.2 Å². The first-order chi connectivity index (χ1) is 16.4. The molecule has 34 heavy (non-hydrogen) atoms. The van der Waals surface area contributed by atoms with Gasteiger partial charge in [0.2, 0.25) is 0 Å². The average molecular weight is 459 g/mol. The van der Waals surface area contributed by atoms with Gasteiger partial charge in [0.05, 0.1) is 12.3 Å². The number of anilines is 2. The quantitative estimate of drug-likeness (QED) is 0.0837. The van der Waals surface area contributed by atoms with Crippen LogP contribution in [0.5, 0.6) is 5.75 Å². The molecular formula is C28H30N2O4. The molecule has 0 bridgehead atoms. The molecule has 0 aromatic heterocycles. The number of hydrogen-bond donors (Lipinski definition) is 3. The number of nitrogens with two attached hydrogens (primary N) is 2. The Morgan fingerprint density at radius 3 is 2.24 bits per heavy atom. The highest BCUT2D eigenvalue weighted by atomic mass is 16.5. The molecule has 0 spiro atoms. The van der Waals surface area contributed by atoms with Gasteiger partial charge in [-0.3, -0.25) is 4.79 Å². The van der Waals surface area contributed by atoms with E-state index in [0.717, 1.165) is 32.1 Å². The number of benzene rings is 3. The number of aliphatic carboxylic acids is 1. The second-order valence-corrected chi connectivity index (χ2v) is 8.11. The third kappa shape index (κ3) is 7.24. The normalized spacial score (nSPS) is 11.2. The molecule has 0 saturated heterocycles. The monoisotopic (exact) mass is 458 g/mol. The maximum Gasteiger partial charge on any atom is 0.339 e. The minimum absolute atomic E-state index is 0.248. The lowest BCUT2D eigenvalue weighted by Gasteiger charge is -2.09. The second kappa shape index (κ2) is 12.3. The molecule has 0 radical (unpaired) electrons. The van der Waals surface area contributed by atoms with Crippen molar-refractivity contribution >= 4 is 29.2 Å². The number of carbonyl (C=O) groups excluding carboxylic acids is 1. The van der Waals surface area contributed by atoms with Gasteiger partial charge < -0.3 is 21.3 Å². The molecule has 6 heteroatoms. The molecule has 3 rings (SSSR count). The number of carboxylic acids is 1. The van der Waals surface area contributed by atoms with Gasteiger partial charge in [-0.25, -0.2) is 4.79 Å². The number of unbranched alkanes of at least 4 members (excludes halogenated alkanes) is 3. The lowest BCUT2D eigenvalue weighted by Crippen LogP contribution is -2.12. The van der Waals surface area contributed by atoms with Crippen molar-refractivity contribution in [2.75, 3.05) is 18.1 Å². The lowest BCUT2D eigenvalue weighted by molar-refractivity contribution is -0.132. The third-order valence-electron chi connectivity index (χ3n) is 5.45. The van der Waals surface area contributed by atoms with Gasteiger partial charge in [-0.2, -0.15) is 0 Å². The Balaban J connectivity index is 1.43. The Bertz CT molecular complexity index is 1140. The van der Waals surface area contributed by atoms with Crippen molar-refractivity contribution in [1.82, 2.24) is 0 Å². The maximum atomic E-state index is 12.5. The fourth-order valence-electron chi connectivity index (χ4n) is 3.58. The molecule has 0 unspecified atom stereocenters. The number of ether oxygens (including phenoxy) is 1. The molecule has 0 heterocycles. The SMILES string of the molecule is Nc1ccc(OCCCCCCc2ccc(C=C(C(=O)O)C(=O)c3ccccc3)cc2)c(N)c1. The zero-order valence-electron chi connectivity index (χ0n) is 19.1. The van der Waals surface area contributed by atoms with Crippen LogP contribution in [0.4, 0.5) is 11.4 Å². The van der Waals surface area contributed by atoms with E-state index in [1.165, 1.54) is 11.6 Å². The molecule has 0 aliphatic carbocycles. The van der Waals surface area contributed by atoms with E-state index in [2.05, 4.69) is 0 Å². The van der Waals surface area contributed by atoms with Gasteiger partial charge in [0, 0.05) is 11.3 Å². The van der Waals surface area contributed by atoms with Crippen molar-refractivity contribution in [1.29, 1.82) is 0 Å². The van der Waals surface area contributed by atoms with Gasteiger partial charge in [-0.05, 0) is 54.7 Å². The van der Waals surface area contributed by atoms with Crippen molar-refractivity contribution < 1.29 is 19.4 Å². The van der Waals surface area contributed by atoms with Crippen LogP contribution < -0.4 is 16.2 Å². The van der Waals surface area contributed by atoms with Gasteiger partial charge in [-0.15, -0.1) is 0 Å². The first kappa shape index (κ1) is 24.6. The molecule has 0 aliphatic heterocycles. The highest BCUT2D eigenvalue weighted by Crippen LogP contribution is 2.24.